The van der Waals surface area contributed by atoms with Crippen molar-refractivity contribution in [3.63, 3.8) is 0 Å². The molecule has 0 saturated carbocycles. The topological polar surface area (TPSA) is 28.2 Å². The zero-order valence-electron chi connectivity index (χ0n) is 10.8. The van der Waals surface area contributed by atoms with Crippen LogP contribution in [0.1, 0.15) is 33.6 Å². The summed E-state index contributed by atoms with van der Waals surface area (Å²) in [6, 6.07) is 4.73. The van der Waals surface area contributed by atoms with Crippen molar-refractivity contribution in [1.82, 2.24) is 4.98 Å². The molecule has 1 heterocycles. The fraction of sp³-hybridized carbons (Fsp3) is 0.615. The molecule has 0 spiro atoms. The Labute approximate surface area is 98.9 Å². The number of anilines is 2. The molecule has 0 amide bonds. The summed E-state index contributed by atoms with van der Waals surface area (Å²) in [7, 11) is 2.13. The van der Waals surface area contributed by atoms with Crippen molar-refractivity contribution in [2.75, 3.05) is 23.8 Å². The maximum absolute atomic E-state index is 4.31. The lowest BCUT2D eigenvalue weighted by Crippen LogP contribution is -2.28. The van der Waals surface area contributed by atoms with Gasteiger partial charge in [0.15, 0.2) is 0 Å². The van der Waals surface area contributed by atoms with Crippen LogP contribution in [0.4, 0.5) is 11.5 Å². The largest absolute Gasteiger partial charge is 0.372 e. The number of pyridine rings is 1. The van der Waals surface area contributed by atoms with Crippen molar-refractivity contribution in [2.45, 2.75) is 39.7 Å². The van der Waals surface area contributed by atoms with E-state index in [1.54, 1.807) is 0 Å². The fourth-order valence-corrected chi connectivity index (χ4v) is 1.52. The molecule has 0 aliphatic heterocycles. The van der Waals surface area contributed by atoms with Crippen LogP contribution < -0.4 is 10.2 Å². The highest BCUT2D eigenvalue weighted by Gasteiger charge is 2.08. The molecule has 16 heavy (non-hydrogen) atoms. The van der Waals surface area contributed by atoms with E-state index in [0.29, 0.717) is 6.04 Å². The zero-order chi connectivity index (χ0) is 12.0. The Hall–Kier alpha value is -1.25. The standard InChI is InChI=1S/C13H23N3/c1-5-8-14-13-10-12(7-9-15-13)16(4)11(3)6-2/h7,9-11H,5-6,8H2,1-4H3,(H,14,15). The van der Waals surface area contributed by atoms with E-state index in [-0.39, 0.29) is 0 Å². The molecule has 1 rings (SSSR count). The fourth-order valence-electron chi connectivity index (χ4n) is 1.52. The molecule has 0 saturated heterocycles. The van der Waals surface area contributed by atoms with E-state index in [4.69, 9.17) is 0 Å². The van der Waals surface area contributed by atoms with Crippen LogP contribution in [-0.4, -0.2) is 24.6 Å². The Bertz CT molecular complexity index is 312. The van der Waals surface area contributed by atoms with Gasteiger partial charge in [0, 0.05) is 37.6 Å². The number of rotatable bonds is 6. The molecule has 0 radical (unpaired) electrons. The van der Waals surface area contributed by atoms with Crippen molar-refractivity contribution in [3.8, 4) is 0 Å². The quantitative estimate of drug-likeness (QED) is 0.800. The number of hydrogen-bond donors (Lipinski definition) is 1. The molecule has 1 N–H and O–H groups in total. The normalized spacial score (nSPS) is 12.2. The van der Waals surface area contributed by atoms with Gasteiger partial charge in [-0.25, -0.2) is 4.98 Å². The van der Waals surface area contributed by atoms with Gasteiger partial charge in [-0.1, -0.05) is 13.8 Å². The van der Waals surface area contributed by atoms with E-state index in [0.717, 1.165) is 25.2 Å². The number of nitrogens with one attached hydrogen (secondary N) is 1. The van der Waals surface area contributed by atoms with Gasteiger partial charge in [-0.05, 0) is 25.8 Å². The van der Waals surface area contributed by atoms with Gasteiger partial charge < -0.3 is 10.2 Å². The van der Waals surface area contributed by atoms with Crippen LogP contribution in [0, 0.1) is 0 Å². The molecule has 1 aromatic rings. The van der Waals surface area contributed by atoms with E-state index in [1.807, 2.05) is 6.20 Å². The number of hydrogen-bond acceptors (Lipinski definition) is 3. The minimum atomic E-state index is 0.557. The SMILES string of the molecule is CCCNc1cc(N(C)C(C)CC)ccn1. The van der Waals surface area contributed by atoms with Crippen LogP contribution in [0.3, 0.4) is 0 Å². The Morgan fingerprint density at radius 1 is 1.44 bits per heavy atom. The molecule has 3 heteroatoms. The molecule has 0 bridgehead atoms. The van der Waals surface area contributed by atoms with E-state index in [9.17, 15) is 0 Å². The first-order chi connectivity index (χ1) is 7.69. The van der Waals surface area contributed by atoms with Crippen LogP contribution in [0.25, 0.3) is 0 Å². The summed E-state index contributed by atoms with van der Waals surface area (Å²) >= 11 is 0. The summed E-state index contributed by atoms with van der Waals surface area (Å²) < 4.78 is 0. The van der Waals surface area contributed by atoms with Crippen molar-refractivity contribution < 1.29 is 0 Å². The first-order valence-electron chi connectivity index (χ1n) is 6.11. The summed E-state index contributed by atoms with van der Waals surface area (Å²) in [5.74, 6) is 0.967. The summed E-state index contributed by atoms with van der Waals surface area (Å²) in [5.41, 5.74) is 1.22. The molecule has 1 aromatic heterocycles. The minimum absolute atomic E-state index is 0.557. The second kappa shape index (κ2) is 6.36. The summed E-state index contributed by atoms with van der Waals surface area (Å²) in [4.78, 5) is 6.60. The van der Waals surface area contributed by atoms with Crippen molar-refractivity contribution in [2.24, 2.45) is 0 Å². The monoisotopic (exact) mass is 221 g/mol. The maximum atomic E-state index is 4.31. The van der Waals surface area contributed by atoms with Crippen molar-refractivity contribution >= 4 is 11.5 Å². The molecule has 3 nitrogen and oxygen atoms in total. The lowest BCUT2D eigenvalue weighted by atomic mass is 10.2. The van der Waals surface area contributed by atoms with Crippen LogP contribution in [-0.2, 0) is 0 Å². The van der Waals surface area contributed by atoms with Crippen LogP contribution in [0.15, 0.2) is 18.3 Å². The third-order valence-electron chi connectivity index (χ3n) is 2.96. The van der Waals surface area contributed by atoms with E-state index >= 15 is 0 Å². The average molecular weight is 221 g/mol. The molecule has 0 aliphatic carbocycles. The summed E-state index contributed by atoms with van der Waals surface area (Å²) in [6.07, 6.45) is 4.13. The van der Waals surface area contributed by atoms with E-state index in [2.05, 4.69) is 55.2 Å². The minimum Gasteiger partial charge on any atom is -0.372 e. The van der Waals surface area contributed by atoms with Gasteiger partial charge in [0.2, 0.25) is 0 Å². The summed E-state index contributed by atoms with van der Waals surface area (Å²) in [6.45, 7) is 7.57. The van der Waals surface area contributed by atoms with Crippen molar-refractivity contribution in [3.05, 3.63) is 18.3 Å². The third kappa shape index (κ3) is 3.40. The molecule has 0 fully saturated rings. The molecule has 90 valence electrons. The highest BCUT2D eigenvalue weighted by molar-refractivity contribution is 5.53. The second-order valence-electron chi connectivity index (χ2n) is 4.19. The average Bonchev–Trinajstić information content (AvgIpc) is 2.34. The first kappa shape index (κ1) is 12.8. The molecule has 1 atom stereocenters. The second-order valence-corrected chi connectivity index (χ2v) is 4.19. The zero-order valence-corrected chi connectivity index (χ0v) is 10.8. The molecular weight excluding hydrogens is 198 g/mol. The highest BCUT2D eigenvalue weighted by Crippen LogP contribution is 2.18. The lowest BCUT2D eigenvalue weighted by molar-refractivity contribution is 0.663. The van der Waals surface area contributed by atoms with Gasteiger partial charge in [-0.15, -0.1) is 0 Å². The Morgan fingerprint density at radius 2 is 2.19 bits per heavy atom. The van der Waals surface area contributed by atoms with Crippen LogP contribution in [0.2, 0.25) is 0 Å². The highest BCUT2D eigenvalue weighted by atomic mass is 15.1. The molecule has 1 unspecified atom stereocenters. The first-order valence-corrected chi connectivity index (χ1v) is 6.11. The van der Waals surface area contributed by atoms with Gasteiger partial charge in [-0.3, -0.25) is 0 Å². The predicted molar refractivity (Wildman–Crippen MR) is 71.2 cm³/mol. The van der Waals surface area contributed by atoms with Gasteiger partial charge in [0.25, 0.3) is 0 Å². The summed E-state index contributed by atoms with van der Waals surface area (Å²) in [5, 5.41) is 3.31. The Balaban J connectivity index is 2.73. The third-order valence-corrected chi connectivity index (χ3v) is 2.96. The van der Waals surface area contributed by atoms with Gasteiger partial charge in [0.05, 0.1) is 0 Å². The van der Waals surface area contributed by atoms with Crippen LogP contribution >= 0.6 is 0 Å². The van der Waals surface area contributed by atoms with E-state index < -0.39 is 0 Å². The number of aromatic nitrogens is 1. The Morgan fingerprint density at radius 3 is 2.81 bits per heavy atom. The van der Waals surface area contributed by atoms with Gasteiger partial charge in [0.1, 0.15) is 5.82 Å². The van der Waals surface area contributed by atoms with Gasteiger partial charge in [-0.2, -0.15) is 0 Å². The number of nitrogens with zero attached hydrogens (tertiary/aromatic N) is 2. The Kier molecular flexibility index (Phi) is 5.09. The van der Waals surface area contributed by atoms with E-state index in [1.165, 1.54) is 5.69 Å². The van der Waals surface area contributed by atoms with Crippen molar-refractivity contribution in [1.29, 1.82) is 0 Å². The smallest absolute Gasteiger partial charge is 0.127 e. The molecular formula is C13H23N3. The maximum Gasteiger partial charge on any atom is 0.127 e. The van der Waals surface area contributed by atoms with Gasteiger partial charge >= 0.3 is 0 Å². The molecule has 0 aromatic carbocycles. The predicted octanol–water partition coefficient (Wildman–Crippen LogP) is 3.14. The van der Waals surface area contributed by atoms with Crippen LogP contribution in [0.5, 0.6) is 0 Å². The molecule has 0 aliphatic rings. The lowest BCUT2D eigenvalue weighted by Gasteiger charge is -2.26.